The van der Waals surface area contributed by atoms with Crippen LogP contribution in [0.2, 0.25) is 5.02 Å². The van der Waals surface area contributed by atoms with Crippen molar-refractivity contribution in [3.8, 4) is 0 Å². The van der Waals surface area contributed by atoms with Gasteiger partial charge >= 0.3 is 0 Å². The second kappa shape index (κ2) is 11.8. The second-order valence-electron chi connectivity index (χ2n) is 5.57. The number of hydrogen-bond donors (Lipinski definition) is 3. The summed E-state index contributed by atoms with van der Waals surface area (Å²) in [5.41, 5.74) is 0.993. The van der Waals surface area contributed by atoms with Gasteiger partial charge in [0.05, 0.1) is 18.4 Å². The lowest BCUT2D eigenvalue weighted by Gasteiger charge is -2.15. The van der Waals surface area contributed by atoms with Crippen molar-refractivity contribution in [3.05, 3.63) is 52.4 Å². The van der Waals surface area contributed by atoms with E-state index in [0.717, 1.165) is 16.9 Å². The Morgan fingerprint density at radius 1 is 1.26 bits per heavy atom. The van der Waals surface area contributed by atoms with Gasteiger partial charge in [0.2, 0.25) is 0 Å². The molecule has 0 radical (unpaired) electrons. The lowest BCUT2D eigenvalue weighted by atomic mass is 10.2. The van der Waals surface area contributed by atoms with Crippen molar-refractivity contribution in [2.75, 3.05) is 18.8 Å². The molecule has 1 aromatic carbocycles. The monoisotopic (exact) mass is 543 g/mol. The zero-order valence-electron chi connectivity index (χ0n) is 14.8. The molecule has 0 saturated carbocycles. The average molecular weight is 544 g/mol. The molecule has 0 bridgehead atoms. The van der Waals surface area contributed by atoms with E-state index in [9.17, 15) is 13.5 Å². The summed E-state index contributed by atoms with van der Waals surface area (Å²) in [4.78, 5) is 4.42. The fraction of sp³-hybridized carbons (Fsp3) is 0.353. The van der Waals surface area contributed by atoms with Crippen molar-refractivity contribution >= 4 is 62.7 Å². The maximum atomic E-state index is 12.2. The van der Waals surface area contributed by atoms with E-state index in [1.165, 1.54) is 6.07 Å². The highest BCUT2D eigenvalue weighted by Crippen LogP contribution is 2.18. The summed E-state index contributed by atoms with van der Waals surface area (Å²) in [6.07, 6.45) is -1.04. The van der Waals surface area contributed by atoms with Crippen LogP contribution in [0.3, 0.4) is 0 Å². The summed E-state index contributed by atoms with van der Waals surface area (Å²) in [6, 6.07) is 10.6. The molecule has 0 fully saturated rings. The van der Waals surface area contributed by atoms with Crippen LogP contribution in [0, 0.1) is 0 Å². The number of aliphatic hydroxyl groups excluding tert-OH is 1. The first-order valence-electron chi connectivity index (χ1n) is 8.11. The quantitative estimate of drug-likeness (QED) is 0.271. The molecule has 0 spiro atoms. The molecule has 150 valence electrons. The molecule has 1 aromatic heterocycles. The minimum Gasteiger partial charge on any atom is -0.390 e. The molecule has 10 heteroatoms. The normalized spacial score (nSPS) is 12.9. The van der Waals surface area contributed by atoms with E-state index in [0.29, 0.717) is 24.1 Å². The molecule has 6 nitrogen and oxygen atoms in total. The summed E-state index contributed by atoms with van der Waals surface area (Å²) >= 11 is 7.01. The maximum absolute atomic E-state index is 12.2. The van der Waals surface area contributed by atoms with Crippen LogP contribution in [0.5, 0.6) is 0 Å². The molecule has 0 aliphatic rings. The third-order valence-electron chi connectivity index (χ3n) is 3.40. The number of guanidine groups is 1. The van der Waals surface area contributed by atoms with E-state index in [-0.39, 0.29) is 40.5 Å². The van der Waals surface area contributed by atoms with E-state index in [1.807, 2.05) is 19.1 Å². The van der Waals surface area contributed by atoms with Gasteiger partial charge in [-0.1, -0.05) is 29.8 Å². The Bertz CT molecular complexity index is 812. The fourth-order valence-electron chi connectivity index (χ4n) is 2.15. The van der Waals surface area contributed by atoms with Crippen LogP contribution < -0.4 is 10.6 Å². The van der Waals surface area contributed by atoms with Crippen LogP contribution in [0.4, 0.5) is 0 Å². The van der Waals surface area contributed by atoms with Gasteiger partial charge < -0.3 is 15.7 Å². The number of aliphatic hydroxyl groups is 1. The highest BCUT2D eigenvalue weighted by Gasteiger charge is 2.20. The van der Waals surface area contributed by atoms with E-state index >= 15 is 0 Å². The van der Waals surface area contributed by atoms with E-state index in [4.69, 9.17) is 11.6 Å². The minimum absolute atomic E-state index is 0. The lowest BCUT2D eigenvalue weighted by molar-refractivity contribution is 0.200. The largest absolute Gasteiger partial charge is 0.390 e. The molecule has 0 amide bonds. The van der Waals surface area contributed by atoms with Gasteiger partial charge in [0, 0.05) is 18.1 Å². The van der Waals surface area contributed by atoms with E-state index in [1.54, 1.807) is 23.6 Å². The number of halogens is 2. The van der Waals surface area contributed by atoms with Crippen molar-refractivity contribution < 1.29 is 13.5 Å². The first-order chi connectivity index (χ1) is 12.4. The number of thiophene rings is 1. The molecule has 0 aliphatic carbocycles. The predicted octanol–water partition coefficient (Wildman–Crippen LogP) is 2.91. The van der Waals surface area contributed by atoms with Crippen LogP contribution in [-0.2, 0) is 16.4 Å². The zero-order chi connectivity index (χ0) is 19.0. The number of hydrogen-bond acceptors (Lipinski definition) is 5. The molecule has 1 unspecified atom stereocenters. The highest BCUT2D eigenvalue weighted by atomic mass is 127. The van der Waals surface area contributed by atoms with Gasteiger partial charge in [-0.3, -0.25) is 0 Å². The topological polar surface area (TPSA) is 90.8 Å². The van der Waals surface area contributed by atoms with Crippen molar-refractivity contribution in [3.63, 3.8) is 0 Å². The Morgan fingerprint density at radius 2 is 1.96 bits per heavy atom. The van der Waals surface area contributed by atoms with E-state index in [2.05, 4.69) is 15.6 Å². The van der Waals surface area contributed by atoms with Crippen LogP contribution >= 0.6 is 46.9 Å². The number of benzene rings is 1. The molecule has 27 heavy (non-hydrogen) atoms. The zero-order valence-corrected chi connectivity index (χ0v) is 19.5. The molecule has 1 heterocycles. The van der Waals surface area contributed by atoms with Gasteiger partial charge in [0.15, 0.2) is 15.8 Å². The standard InChI is InChI=1S/C17H22ClN3O3S2.HI/c1-2-19-17(20-10-13-5-7-14(18)8-6-13)21-11-15(22)12-26(23,24)16-4-3-9-25-16;/h3-9,15,22H,2,10-12H2,1H3,(H2,19,20,21);1H. The Morgan fingerprint density at radius 3 is 2.56 bits per heavy atom. The molecule has 2 aromatic rings. The Labute approximate surface area is 186 Å². The molecule has 0 saturated heterocycles. The minimum atomic E-state index is -3.48. The van der Waals surface area contributed by atoms with Crippen molar-refractivity contribution in [2.45, 2.75) is 23.8 Å². The summed E-state index contributed by atoms with van der Waals surface area (Å²) in [5, 5.41) is 18.5. The highest BCUT2D eigenvalue weighted by molar-refractivity contribution is 14.0. The summed E-state index contributed by atoms with van der Waals surface area (Å²) < 4.78 is 24.6. The third-order valence-corrected chi connectivity index (χ3v) is 6.93. The van der Waals surface area contributed by atoms with Crippen LogP contribution in [0.25, 0.3) is 0 Å². The van der Waals surface area contributed by atoms with Crippen molar-refractivity contribution in [1.82, 2.24) is 10.6 Å². The Hall–Kier alpha value is -0.880. The van der Waals surface area contributed by atoms with Gasteiger partial charge in [-0.15, -0.1) is 35.3 Å². The predicted molar refractivity (Wildman–Crippen MR) is 122 cm³/mol. The lowest BCUT2D eigenvalue weighted by Crippen LogP contribution is -2.42. The van der Waals surface area contributed by atoms with Crippen molar-refractivity contribution in [2.24, 2.45) is 4.99 Å². The van der Waals surface area contributed by atoms with Gasteiger partial charge in [-0.2, -0.15) is 0 Å². The van der Waals surface area contributed by atoms with Crippen LogP contribution in [0.1, 0.15) is 12.5 Å². The molecular formula is C17H23ClIN3O3S2. The summed E-state index contributed by atoms with van der Waals surface area (Å²) in [7, 11) is -3.48. The first kappa shape index (κ1) is 24.2. The number of rotatable bonds is 8. The van der Waals surface area contributed by atoms with Gasteiger partial charge in [0.25, 0.3) is 0 Å². The molecule has 0 aliphatic heterocycles. The number of nitrogens with one attached hydrogen (secondary N) is 2. The van der Waals surface area contributed by atoms with Gasteiger partial charge in [0.1, 0.15) is 4.21 Å². The van der Waals surface area contributed by atoms with E-state index < -0.39 is 15.9 Å². The second-order valence-corrected chi connectivity index (χ2v) is 9.22. The Balaban J connectivity index is 0.00000364. The third kappa shape index (κ3) is 8.34. The van der Waals surface area contributed by atoms with Gasteiger partial charge in [-0.05, 0) is 36.1 Å². The molecule has 1 atom stereocenters. The Kier molecular flexibility index (Phi) is 10.6. The maximum Gasteiger partial charge on any atom is 0.191 e. The molecular weight excluding hydrogens is 521 g/mol. The first-order valence-corrected chi connectivity index (χ1v) is 11.0. The number of nitrogens with zero attached hydrogens (tertiary/aromatic N) is 1. The van der Waals surface area contributed by atoms with Crippen molar-refractivity contribution in [1.29, 1.82) is 0 Å². The fourth-order valence-corrected chi connectivity index (χ4v) is 4.76. The SMILES string of the molecule is CCNC(=NCc1ccc(Cl)cc1)NCC(O)CS(=O)(=O)c1cccs1.I. The summed E-state index contributed by atoms with van der Waals surface area (Å²) in [5.74, 6) is 0.173. The number of aliphatic imine (C=N–C) groups is 1. The van der Waals surface area contributed by atoms with Gasteiger partial charge in [-0.25, -0.2) is 13.4 Å². The van der Waals surface area contributed by atoms with Crippen LogP contribution in [-0.4, -0.2) is 44.4 Å². The molecule has 3 N–H and O–H groups in total. The number of sulfone groups is 1. The molecule has 2 rings (SSSR count). The average Bonchev–Trinajstić information content (AvgIpc) is 3.14. The van der Waals surface area contributed by atoms with Crippen LogP contribution in [0.15, 0.2) is 51.0 Å². The smallest absolute Gasteiger partial charge is 0.191 e. The summed E-state index contributed by atoms with van der Waals surface area (Å²) in [6.45, 7) is 3.10.